The first-order chi connectivity index (χ1) is 15.0. The summed E-state index contributed by atoms with van der Waals surface area (Å²) in [5.41, 5.74) is 1.68. The number of halogens is 2. The van der Waals surface area contributed by atoms with Crippen molar-refractivity contribution < 1.29 is 14.6 Å². The number of aliphatic carboxylic acids is 1. The fourth-order valence-electron chi connectivity index (χ4n) is 4.48. The molecule has 0 radical (unpaired) electrons. The molecule has 31 heavy (non-hydrogen) atoms. The molecule has 3 heterocycles. The van der Waals surface area contributed by atoms with Crippen LogP contribution in [-0.2, 0) is 11.2 Å². The van der Waals surface area contributed by atoms with Crippen LogP contribution in [0.25, 0.3) is 10.2 Å². The van der Waals surface area contributed by atoms with Gasteiger partial charge in [0.2, 0.25) is 0 Å². The summed E-state index contributed by atoms with van der Waals surface area (Å²) in [5.74, 6) is -0.332. The first-order valence-corrected chi connectivity index (χ1v) is 11.7. The molecule has 2 fully saturated rings. The number of fused-ring (bicyclic) bond motifs is 3. The standard InChI is InChI=1S/C22H21Cl2N3O3S/c23-14-2-4-18-20(9-14)31-22(25-18)27-12-15-10-16(27)11-26(15)5-6-30-19-7-13(8-21(28)29)1-3-17(19)24/h1-4,7,9,15-16H,5-6,8,10-12H2,(H,28,29)/t15-,16-/m1/s1. The fourth-order valence-corrected chi connectivity index (χ4v) is 5.98. The molecule has 0 amide bonds. The molecule has 1 aromatic heterocycles. The van der Waals surface area contributed by atoms with Gasteiger partial charge in [-0.3, -0.25) is 9.69 Å². The predicted molar refractivity (Wildman–Crippen MR) is 124 cm³/mol. The van der Waals surface area contributed by atoms with Gasteiger partial charge in [-0.15, -0.1) is 0 Å². The fraction of sp³-hybridized carbons (Fsp3) is 0.364. The summed E-state index contributed by atoms with van der Waals surface area (Å²) in [6.45, 7) is 3.27. The molecule has 5 rings (SSSR count). The number of anilines is 1. The molecular formula is C22H21Cl2N3O3S. The van der Waals surface area contributed by atoms with Crippen molar-refractivity contribution in [2.45, 2.75) is 24.9 Å². The summed E-state index contributed by atoms with van der Waals surface area (Å²) in [6, 6.07) is 11.9. The quantitative estimate of drug-likeness (QED) is 0.537. The minimum absolute atomic E-state index is 0.0444. The predicted octanol–water partition coefficient (Wildman–Crippen LogP) is 4.57. The van der Waals surface area contributed by atoms with Crippen LogP contribution < -0.4 is 9.64 Å². The lowest BCUT2D eigenvalue weighted by Crippen LogP contribution is -2.47. The van der Waals surface area contributed by atoms with Crippen LogP contribution in [0.5, 0.6) is 5.75 Å². The Hall–Kier alpha value is -2.06. The van der Waals surface area contributed by atoms with Gasteiger partial charge in [0.1, 0.15) is 12.4 Å². The number of carbonyl (C=O) groups is 1. The molecule has 0 unspecified atom stereocenters. The third-order valence-corrected chi connectivity index (χ3v) is 7.53. The number of rotatable bonds is 7. The maximum absolute atomic E-state index is 10.9. The van der Waals surface area contributed by atoms with Crippen LogP contribution in [0.1, 0.15) is 12.0 Å². The molecule has 3 aromatic rings. The summed E-state index contributed by atoms with van der Waals surface area (Å²) in [7, 11) is 0. The molecule has 2 bridgehead atoms. The van der Waals surface area contributed by atoms with E-state index in [1.807, 2.05) is 18.2 Å². The number of hydrogen-bond donors (Lipinski definition) is 1. The Labute approximate surface area is 193 Å². The Balaban J connectivity index is 1.17. The average Bonchev–Trinajstić information content (AvgIpc) is 3.43. The summed E-state index contributed by atoms with van der Waals surface area (Å²) >= 11 is 14.0. The van der Waals surface area contributed by atoms with E-state index in [-0.39, 0.29) is 6.42 Å². The van der Waals surface area contributed by atoms with E-state index >= 15 is 0 Å². The molecule has 0 spiro atoms. The first kappa shape index (κ1) is 20.8. The number of thiazole rings is 1. The Bertz CT molecular complexity index is 1140. The van der Waals surface area contributed by atoms with E-state index in [2.05, 4.69) is 9.80 Å². The van der Waals surface area contributed by atoms with Gasteiger partial charge in [-0.05, 0) is 42.3 Å². The second-order valence-corrected chi connectivity index (χ2v) is 9.84. The SMILES string of the molecule is O=C(O)Cc1ccc(Cl)c(OCCN2C[C@H]3C[C@@H]2CN3c2nc3ccc(Cl)cc3s2)c1. The zero-order valence-corrected chi connectivity index (χ0v) is 19.0. The minimum Gasteiger partial charge on any atom is -0.491 e. The number of nitrogens with zero attached hydrogens (tertiary/aromatic N) is 3. The Morgan fingerprint density at radius 2 is 2.06 bits per heavy atom. The highest BCUT2D eigenvalue weighted by Gasteiger charge is 2.44. The smallest absolute Gasteiger partial charge is 0.307 e. The van der Waals surface area contributed by atoms with E-state index in [0.717, 1.165) is 46.4 Å². The topological polar surface area (TPSA) is 65.9 Å². The van der Waals surface area contributed by atoms with E-state index < -0.39 is 5.97 Å². The largest absolute Gasteiger partial charge is 0.491 e. The number of aromatic nitrogens is 1. The molecular weight excluding hydrogens is 457 g/mol. The van der Waals surface area contributed by atoms with Crippen molar-refractivity contribution in [1.29, 1.82) is 0 Å². The lowest BCUT2D eigenvalue weighted by Gasteiger charge is -2.33. The number of benzene rings is 2. The maximum atomic E-state index is 10.9. The molecule has 2 aliphatic rings. The molecule has 0 saturated carbocycles. The number of ether oxygens (including phenoxy) is 1. The van der Waals surface area contributed by atoms with Crippen molar-refractivity contribution in [3.63, 3.8) is 0 Å². The average molecular weight is 478 g/mol. The zero-order valence-electron chi connectivity index (χ0n) is 16.6. The zero-order chi connectivity index (χ0) is 21.5. The summed E-state index contributed by atoms with van der Waals surface area (Å²) < 4.78 is 7.01. The minimum atomic E-state index is -0.873. The van der Waals surface area contributed by atoms with Crippen molar-refractivity contribution in [1.82, 2.24) is 9.88 Å². The molecule has 2 atom stereocenters. The second kappa shape index (κ2) is 8.47. The van der Waals surface area contributed by atoms with Crippen LogP contribution in [0.3, 0.4) is 0 Å². The van der Waals surface area contributed by atoms with Crippen LogP contribution in [0.4, 0.5) is 5.13 Å². The number of likely N-dealkylation sites (tertiary alicyclic amines) is 1. The number of hydrogen-bond acceptors (Lipinski definition) is 6. The summed E-state index contributed by atoms with van der Waals surface area (Å²) in [4.78, 5) is 20.6. The summed E-state index contributed by atoms with van der Waals surface area (Å²) in [6.07, 6.45) is 1.09. The van der Waals surface area contributed by atoms with Gasteiger partial charge in [0.15, 0.2) is 5.13 Å². The van der Waals surface area contributed by atoms with Crippen LogP contribution in [-0.4, -0.2) is 59.3 Å². The monoisotopic (exact) mass is 477 g/mol. The molecule has 2 aromatic carbocycles. The number of carboxylic acid groups (broad SMARTS) is 1. The highest BCUT2D eigenvalue weighted by molar-refractivity contribution is 7.22. The van der Waals surface area contributed by atoms with Crippen molar-refractivity contribution in [2.24, 2.45) is 0 Å². The molecule has 0 aliphatic carbocycles. The van der Waals surface area contributed by atoms with Crippen molar-refractivity contribution in [3.05, 3.63) is 52.0 Å². The normalized spacial score (nSPS) is 20.6. The molecule has 6 nitrogen and oxygen atoms in total. The number of carboxylic acids is 1. The van der Waals surface area contributed by atoms with Crippen LogP contribution in [0, 0.1) is 0 Å². The van der Waals surface area contributed by atoms with Gasteiger partial charge in [0.05, 0.1) is 21.7 Å². The van der Waals surface area contributed by atoms with E-state index in [9.17, 15) is 4.79 Å². The van der Waals surface area contributed by atoms with E-state index in [1.54, 1.807) is 29.5 Å². The second-order valence-electron chi connectivity index (χ2n) is 7.98. The number of piperazine rings is 1. The van der Waals surface area contributed by atoms with Crippen molar-refractivity contribution in [3.8, 4) is 5.75 Å². The van der Waals surface area contributed by atoms with Crippen LogP contribution >= 0.6 is 34.5 Å². The van der Waals surface area contributed by atoms with Gasteiger partial charge < -0.3 is 14.7 Å². The molecule has 1 N–H and O–H groups in total. The van der Waals surface area contributed by atoms with Gasteiger partial charge in [-0.1, -0.05) is 40.6 Å². The lowest BCUT2D eigenvalue weighted by atomic mass is 10.1. The summed E-state index contributed by atoms with van der Waals surface area (Å²) in [5, 5.41) is 11.3. The molecule has 9 heteroatoms. The molecule has 162 valence electrons. The third kappa shape index (κ3) is 4.32. The van der Waals surface area contributed by atoms with Crippen molar-refractivity contribution in [2.75, 3.05) is 31.1 Å². The first-order valence-electron chi connectivity index (χ1n) is 10.2. The Kier molecular flexibility index (Phi) is 5.69. The van der Waals surface area contributed by atoms with Gasteiger partial charge in [-0.2, -0.15) is 0 Å². The van der Waals surface area contributed by atoms with Gasteiger partial charge in [0, 0.05) is 36.7 Å². The highest BCUT2D eigenvalue weighted by atomic mass is 35.5. The van der Waals surface area contributed by atoms with E-state index in [0.29, 0.717) is 35.0 Å². The van der Waals surface area contributed by atoms with E-state index in [4.69, 9.17) is 38.0 Å². The van der Waals surface area contributed by atoms with Crippen molar-refractivity contribution >= 4 is 55.9 Å². The maximum Gasteiger partial charge on any atom is 0.307 e. The Morgan fingerprint density at radius 3 is 2.84 bits per heavy atom. The third-order valence-electron chi connectivity index (χ3n) is 5.93. The lowest BCUT2D eigenvalue weighted by molar-refractivity contribution is -0.136. The van der Waals surface area contributed by atoms with Gasteiger partial charge in [-0.25, -0.2) is 4.98 Å². The van der Waals surface area contributed by atoms with Crippen LogP contribution in [0.2, 0.25) is 10.0 Å². The molecule has 2 aliphatic heterocycles. The van der Waals surface area contributed by atoms with E-state index in [1.165, 1.54) is 0 Å². The Morgan fingerprint density at radius 1 is 1.19 bits per heavy atom. The van der Waals surface area contributed by atoms with Gasteiger partial charge in [0.25, 0.3) is 0 Å². The molecule has 2 saturated heterocycles. The highest BCUT2D eigenvalue weighted by Crippen LogP contribution is 2.38. The van der Waals surface area contributed by atoms with Gasteiger partial charge >= 0.3 is 5.97 Å². The van der Waals surface area contributed by atoms with Crippen LogP contribution in [0.15, 0.2) is 36.4 Å².